The zero-order valence-corrected chi connectivity index (χ0v) is 7.66. The third kappa shape index (κ3) is 1.24. The van der Waals surface area contributed by atoms with E-state index in [4.69, 9.17) is 4.74 Å². The summed E-state index contributed by atoms with van der Waals surface area (Å²) in [5, 5.41) is 1.03. The molecule has 1 aromatic heterocycles. The van der Waals surface area contributed by atoms with Crippen LogP contribution in [0, 0.1) is 13.0 Å². The highest BCUT2D eigenvalue weighted by molar-refractivity contribution is 5.86. The fourth-order valence-corrected chi connectivity index (χ4v) is 1.38. The zero-order valence-electron chi connectivity index (χ0n) is 7.66. The van der Waals surface area contributed by atoms with Gasteiger partial charge in [0.1, 0.15) is 11.3 Å². The molecule has 0 aliphatic heterocycles. The van der Waals surface area contributed by atoms with Gasteiger partial charge < -0.3 is 4.74 Å². The van der Waals surface area contributed by atoms with Crippen molar-refractivity contribution < 1.29 is 4.74 Å². The Morgan fingerprint density at radius 3 is 3.00 bits per heavy atom. The van der Waals surface area contributed by atoms with Gasteiger partial charge in [-0.05, 0) is 30.7 Å². The van der Waals surface area contributed by atoms with E-state index in [0.29, 0.717) is 0 Å². The summed E-state index contributed by atoms with van der Waals surface area (Å²) in [5.41, 5.74) is 2.05. The predicted molar refractivity (Wildman–Crippen MR) is 51.9 cm³/mol. The summed E-state index contributed by atoms with van der Waals surface area (Å²) in [6.45, 7) is 2.04. The molecule has 0 unspecified atom stereocenters. The van der Waals surface area contributed by atoms with E-state index in [2.05, 4.69) is 11.1 Å². The van der Waals surface area contributed by atoms with Gasteiger partial charge in [-0.25, -0.2) is 0 Å². The molecule has 0 amide bonds. The number of aryl methyl sites for hydroxylation is 1. The van der Waals surface area contributed by atoms with Gasteiger partial charge in [0.25, 0.3) is 0 Å². The number of ether oxygens (including phenoxy) is 1. The minimum atomic E-state index is 0.803. The molecule has 0 N–H and O–H groups in total. The van der Waals surface area contributed by atoms with Gasteiger partial charge in [-0.3, -0.25) is 4.98 Å². The van der Waals surface area contributed by atoms with Crippen LogP contribution in [0.1, 0.15) is 5.56 Å². The first-order chi connectivity index (χ1) is 6.33. The Hall–Kier alpha value is -1.57. The third-order valence-electron chi connectivity index (χ3n) is 2.07. The van der Waals surface area contributed by atoms with E-state index in [0.717, 1.165) is 16.7 Å². The van der Waals surface area contributed by atoms with Crippen LogP contribution in [0.3, 0.4) is 0 Å². The van der Waals surface area contributed by atoms with Crippen LogP contribution in [-0.4, -0.2) is 12.1 Å². The molecule has 0 saturated heterocycles. The van der Waals surface area contributed by atoms with Crippen molar-refractivity contribution in [1.82, 2.24) is 4.98 Å². The lowest BCUT2D eigenvalue weighted by molar-refractivity contribution is 0.419. The van der Waals surface area contributed by atoms with Crippen molar-refractivity contribution in [3.63, 3.8) is 0 Å². The van der Waals surface area contributed by atoms with Crippen molar-refractivity contribution in [2.75, 3.05) is 7.11 Å². The lowest BCUT2D eigenvalue weighted by Crippen LogP contribution is -1.88. The molecule has 2 heteroatoms. The maximum Gasteiger partial charge on any atom is 0.145 e. The molecule has 2 aromatic rings. The Bertz CT molecular complexity index is 437. The molecule has 1 aromatic carbocycles. The second-order valence-corrected chi connectivity index (χ2v) is 2.90. The molecular formula is C11H10NO. The second kappa shape index (κ2) is 3.05. The molecule has 2 rings (SSSR count). The van der Waals surface area contributed by atoms with Gasteiger partial charge in [0.15, 0.2) is 0 Å². The van der Waals surface area contributed by atoms with E-state index < -0.39 is 0 Å². The fourth-order valence-electron chi connectivity index (χ4n) is 1.38. The van der Waals surface area contributed by atoms with Crippen molar-refractivity contribution in [2.24, 2.45) is 0 Å². The van der Waals surface area contributed by atoms with Crippen molar-refractivity contribution in [3.8, 4) is 5.75 Å². The zero-order chi connectivity index (χ0) is 9.26. The molecule has 2 nitrogen and oxygen atoms in total. The Kier molecular flexibility index (Phi) is 1.89. The SMILES string of the molecule is COc1ccc(C)c2[c]ccnc12. The summed E-state index contributed by atoms with van der Waals surface area (Å²) in [6, 6.07) is 8.91. The molecule has 65 valence electrons. The Labute approximate surface area is 77.2 Å². The Morgan fingerprint density at radius 2 is 2.23 bits per heavy atom. The second-order valence-electron chi connectivity index (χ2n) is 2.90. The van der Waals surface area contributed by atoms with E-state index in [1.165, 1.54) is 5.56 Å². The Balaban J connectivity index is 2.84. The first-order valence-corrected chi connectivity index (χ1v) is 4.13. The molecule has 0 aliphatic rings. The van der Waals surface area contributed by atoms with Gasteiger partial charge in [-0.2, -0.15) is 0 Å². The first-order valence-electron chi connectivity index (χ1n) is 4.13. The highest BCUT2D eigenvalue weighted by atomic mass is 16.5. The molecule has 0 atom stereocenters. The van der Waals surface area contributed by atoms with Crippen molar-refractivity contribution >= 4 is 10.9 Å². The van der Waals surface area contributed by atoms with Crippen LogP contribution in [0.4, 0.5) is 0 Å². The number of benzene rings is 1. The minimum Gasteiger partial charge on any atom is -0.494 e. The number of hydrogen-bond acceptors (Lipinski definition) is 2. The average Bonchev–Trinajstić information content (AvgIpc) is 2.19. The minimum absolute atomic E-state index is 0.803. The van der Waals surface area contributed by atoms with Crippen LogP contribution in [0.5, 0.6) is 5.75 Å². The largest absolute Gasteiger partial charge is 0.494 e. The molecule has 13 heavy (non-hydrogen) atoms. The van der Waals surface area contributed by atoms with Crippen LogP contribution < -0.4 is 4.74 Å². The van der Waals surface area contributed by atoms with Crippen LogP contribution in [0.25, 0.3) is 10.9 Å². The summed E-state index contributed by atoms with van der Waals surface area (Å²) < 4.78 is 5.20. The van der Waals surface area contributed by atoms with Crippen molar-refractivity contribution in [1.29, 1.82) is 0 Å². The van der Waals surface area contributed by atoms with Crippen LogP contribution in [-0.2, 0) is 0 Å². The van der Waals surface area contributed by atoms with Gasteiger partial charge in [0, 0.05) is 11.6 Å². The summed E-state index contributed by atoms with van der Waals surface area (Å²) in [5.74, 6) is 0.803. The number of pyridine rings is 1. The summed E-state index contributed by atoms with van der Waals surface area (Å²) in [4.78, 5) is 4.26. The van der Waals surface area contributed by atoms with Crippen molar-refractivity contribution in [2.45, 2.75) is 6.92 Å². The lowest BCUT2D eigenvalue weighted by Gasteiger charge is -2.05. The number of aromatic nitrogens is 1. The van der Waals surface area contributed by atoms with E-state index in [9.17, 15) is 0 Å². The van der Waals surface area contributed by atoms with Crippen LogP contribution in [0.2, 0.25) is 0 Å². The molecule has 0 aliphatic carbocycles. The quantitative estimate of drug-likeness (QED) is 0.658. The van der Waals surface area contributed by atoms with E-state index >= 15 is 0 Å². The van der Waals surface area contributed by atoms with Crippen molar-refractivity contribution in [3.05, 3.63) is 36.0 Å². The summed E-state index contributed by atoms with van der Waals surface area (Å²) >= 11 is 0. The van der Waals surface area contributed by atoms with Gasteiger partial charge in [0.2, 0.25) is 0 Å². The smallest absolute Gasteiger partial charge is 0.145 e. The molecule has 0 saturated carbocycles. The number of hydrogen-bond donors (Lipinski definition) is 0. The van der Waals surface area contributed by atoms with Gasteiger partial charge >= 0.3 is 0 Å². The molecule has 1 radical (unpaired) electrons. The third-order valence-corrected chi connectivity index (χ3v) is 2.07. The topological polar surface area (TPSA) is 22.1 Å². The van der Waals surface area contributed by atoms with Crippen LogP contribution in [0.15, 0.2) is 24.4 Å². The highest BCUT2D eigenvalue weighted by Crippen LogP contribution is 2.24. The summed E-state index contributed by atoms with van der Waals surface area (Å²) in [6.07, 6.45) is 1.73. The van der Waals surface area contributed by atoms with Crippen LogP contribution >= 0.6 is 0 Å². The van der Waals surface area contributed by atoms with E-state index in [1.54, 1.807) is 13.3 Å². The maximum absolute atomic E-state index is 5.20. The maximum atomic E-state index is 5.20. The molecule has 0 bridgehead atoms. The molecular weight excluding hydrogens is 162 g/mol. The average molecular weight is 172 g/mol. The monoisotopic (exact) mass is 172 g/mol. The fraction of sp³-hybridized carbons (Fsp3) is 0.182. The Morgan fingerprint density at radius 1 is 1.38 bits per heavy atom. The highest BCUT2D eigenvalue weighted by Gasteiger charge is 2.03. The standard InChI is InChI=1S/C11H10NO/c1-8-5-6-10(13-2)11-9(8)4-3-7-12-11/h3,5-7H,1-2H3. The number of fused-ring (bicyclic) bond motifs is 1. The van der Waals surface area contributed by atoms with Gasteiger partial charge in [-0.15, -0.1) is 0 Å². The summed E-state index contributed by atoms with van der Waals surface area (Å²) in [7, 11) is 1.65. The van der Waals surface area contributed by atoms with Gasteiger partial charge in [0.05, 0.1) is 7.11 Å². The normalized spacial score (nSPS) is 10.3. The molecule has 0 spiro atoms. The molecule has 1 heterocycles. The van der Waals surface area contributed by atoms with E-state index in [1.807, 2.05) is 25.1 Å². The first kappa shape index (κ1) is 8.05. The van der Waals surface area contributed by atoms with E-state index in [-0.39, 0.29) is 0 Å². The predicted octanol–water partition coefficient (Wildman–Crippen LogP) is 2.35. The number of rotatable bonds is 1. The number of methoxy groups -OCH3 is 1. The number of nitrogens with zero attached hydrogens (tertiary/aromatic N) is 1. The lowest BCUT2D eigenvalue weighted by atomic mass is 10.1. The van der Waals surface area contributed by atoms with Gasteiger partial charge in [-0.1, -0.05) is 6.07 Å². The molecule has 0 fully saturated rings.